The van der Waals surface area contributed by atoms with Crippen LogP contribution in [0.3, 0.4) is 0 Å². The number of carbonyl (C=O) groups excluding carboxylic acids is 1. The molecule has 10 heteroatoms. The average Bonchev–Trinajstić information content (AvgIpc) is 3.13. The second-order valence-corrected chi connectivity index (χ2v) is 4.52. The summed E-state index contributed by atoms with van der Waals surface area (Å²) < 4.78 is 22.5. The zero-order valence-corrected chi connectivity index (χ0v) is 13.6. The maximum absolute atomic E-state index is 11.6. The van der Waals surface area contributed by atoms with Crippen LogP contribution in [0.1, 0.15) is 11.2 Å². The van der Waals surface area contributed by atoms with Crippen molar-refractivity contribution in [2.45, 2.75) is 6.42 Å². The molecule has 0 aromatic carbocycles. The van der Waals surface area contributed by atoms with Crippen molar-refractivity contribution in [1.29, 1.82) is 0 Å². The normalized spacial score (nSPS) is 10.5. The first-order valence-corrected chi connectivity index (χ1v) is 7.67. The molecular formula is C14H23N5O5. The molecular weight excluding hydrogens is 318 g/mol. The maximum atomic E-state index is 11.6. The molecule has 0 saturated heterocycles. The number of nitrogens with zero attached hydrogens (tertiary/aromatic N) is 5. The molecule has 0 unspecified atom stereocenters. The van der Waals surface area contributed by atoms with Crippen LogP contribution in [0.5, 0.6) is 0 Å². The molecule has 134 valence electrons. The van der Waals surface area contributed by atoms with Gasteiger partial charge in [-0.1, -0.05) is 5.11 Å². The monoisotopic (exact) mass is 341 g/mol. The van der Waals surface area contributed by atoms with Gasteiger partial charge in [0.25, 0.3) is 0 Å². The summed E-state index contributed by atoms with van der Waals surface area (Å²) in [6, 6.07) is 0. The van der Waals surface area contributed by atoms with Crippen LogP contribution in [0.15, 0.2) is 23.8 Å². The van der Waals surface area contributed by atoms with Crippen LogP contribution in [-0.2, 0) is 18.9 Å². The van der Waals surface area contributed by atoms with E-state index >= 15 is 0 Å². The van der Waals surface area contributed by atoms with Gasteiger partial charge in [-0.05, 0) is 5.53 Å². The molecule has 0 N–H and O–H groups in total. The smallest absolute Gasteiger partial charge is 0.234 e. The van der Waals surface area contributed by atoms with E-state index in [-0.39, 0.29) is 5.91 Å². The van der Waals surface area contributed by atoms with E-state index in [9.17, 15) is 4.79 Å². The first-order chi connectivity index (χ1) is 11.8. The second kappa shape index (κ2) is 14.6. The van der Waals surface area contributed by atoms with Gasteiger partial charge in [0.2, 0.25) is 5.91 Å². The van der Waals surface area contributed by atoms with Gasteiger partial charge in [0, 0.05) is 23.9 Å². The lowest BCUT2D eigenvalue weighted by molar-refractivity contribution is -0.00113. The molecule has 0 spiro atoms. The molecule has 0 amide bonds. The first kappa shape index (κ1) is 20.1. The van der Waals surface area contributed by atoms with E-state index in [1.807, 2.05) is 0 Å². The Morgan fingerprint density at radius 1 is 1.00 bits per heavy atom. The fourth-order valence-electron chi connectivity index (χ4n) is 1.61. The van der Waals surface area contributed by atoms with E-state index in [0.717, 1.165) is 0 Å². The lowest BCUT2D eigenvalue weighted by atomic mass is 10.4. The Morgan fingerprint density at radius 2 is 1.58 bits per heavy atom. The maximum Gasteiger partial charge on any atom is 0.234 e. The fourth-order valence-corrected chi connectivity index (χ4v) is 1.61. The van der Waals surface area contributed by atoms with Crippen molar-refractivity contribution in [2.75, 3.05) is 59.4 Å². The molecule has 0 aliphatic carbocycles. The molecule has 1 aromatic rings. The topological polar surface area (TPSA) is 121 Å². The lowest BCUT2D eigenvalue weighted by Gasteiger charge is -2.07. The van der Waals surface area contributed by atoms with Crippen molar-refractivity contribution in [2.24, 2.45) is 5.11 Å². The Hall–Kier alpha value is -1.97. The van der Waals surface area contributed by atoms with Gasteiger partial charge in [0.05, 0.1) is 59.3 Å². The number of ether oxygens (including phenoxy) is 4. The Labute approximate surface area is 140 Å². The van der Waals surface area contributed by atoms with E-state index in [0.29, 0.717) is 65.8 Å². The molecule has 0 fully saturated rings. The molecule has 0 saturated carbocycles. The van der Waals surface area contributed by atoms with Crippen LogP contribution in [-0.4, -0.2) is 74.9 Å². The highest BCUT2D eigenvalue weighted by Gasteiger charge is 2.03. The average molecular weight is 341 g/mol. The Morgan fingerprint density at radius 3 is 2.12 bits per heavy atom. The first-order valence-electron chi connectivity index (χ1n) is 7.67. The van der Waals surface area contributed by atoms with Crippen molar-refractivity contribution in [3.63, 3.8) is 0 Å². The number of carbonyl (C=O) groups is 1. The highest BCUT2D eigenvalue weighted by Crippen LogP contribution is 1.92. The molecule has 24 heavy (non-hydrogen) atoms. The number of imidazole rings is 1. The minimum Gasteiger partial charge on any atom is -0.379 e. The third kappa shape index (κ3) is 10.7. The van der Waals surface area contributed by atoms with Gasteiger partial charge >= 0.3 is 0 Å². The van der Waals surface area contributed by atoms with Gasteiger partial charge in [-0.2, -0.15) is 0 Å². The van der Waals surface area contributed by atoms with Gasteiger partial charge < -0.3 is 18.9 Å². The summed E-state index contributed by atoms with van der Waals surface area (Å²) in [7, 11) is 0. The third-order valence-corrected chi connectivity index (χ3v) is 2.77. The number of aromatic nitrogens is 2. The number of hydrogen-bond acceptors (Lipinski definition) is 7. The van der Waals surface area contributed by atoms with Crippen molar-refractivity contribution in [1.82, 2.24) is 9.55 Å². The van der Waals surface area contributed by atoms with Crippen molar-refractivity contribution in [3.8, 4) is 0 Å². The molecule has 1 rings (SSSR count). The van der Waals surface area contributed by atoms with Crippen LogP contribution in [0.25, 0.3) is 10.4 Å². The lowest BCUT2D eigenvalue weighted by Crippen LogP contribution is -2.14. The molecule has 1 aromatic heterocycles. The molecule has 10 nitrogen and oxygen atoms in total. The van der Waals surface area contributed by atoms with E-state index in [4.69, 9.17) is 24.5 Å². The highest BCUT2D eigenvalue weighted by molar-refractivity contribution is 5.78. The van der Waals surface area contributed by atoms with Crippen LogP contribution in [0.4, 0.5) is 0 Å². The molecule has 0 aliphatic rings. The van der Waals surface area contributed by atoms with E-state index < -0.39 is 0 Å². The third-order valence-electron chi connectivity index (χ3n) is 2.77. The zero-order valence-electron chi connectivity index (χ0n) is 13.6. The standard InChI is InChI=1S/C14H23N5O5/c15-18-17-3-6-22-8-10-24-12-11-23-9-7-21-5-1-14(20)19-4-2-16-13-19/h2,4,13H,1,3,5-12H2. The summed E-state index contributed by atoms with van der Waals surface area (Å²) in [5.41, 5.74) is 8.06. The van der Waals surface area contributed by atoms with Gasteiger partial charge in [-0.25, -0.2) is 4.98 Å². The van der Waals surface area contributed by atoms with Crippen LogP contribution in [0.2, 0.25) is 0 Å². The SMILES string of the molecule is [N-]=[N+]=NCCOCCOCCOCCOCCC(=O)n1ccnc1. The van der Waals surface area contributed by atoms with Crippen molar-refractivity contribution >= 4 is 5.91 Å². The van der Waals surface area contributed by atoms with E-state index in [1.54, 1.807) is 12.4 Å². The minimum absolute atomic E-state index is 0.0523. The Kier molecular flexibility index (Phi) is 12.2. The quantitative estimate of drug-likeness (QED) is 0.205. The highest BCUT2D eigenvalue weighted by atomic mass is 16.6. The summed E-state index contributed by atoms with van der Waals surface area (Å²) in [6.45, 7) is 3.81. The molecule has 0 bridgehead atoms. The predicted octanol–water partition coefficient (Wildman–Crippen LogP) is 1.29. The molecule has 0 radical (unpaired) electrons. The Bertz CT molecular complexity index is 476. The van der Waals surface area contributed by atoms with Crippen LogP contribution < -0.4 is 0 Å². The van der Waals surface area contributed by atoms with Crippen LogP contribution in [0, 0.1) is 0 Å². The van der Waals surface area contributed by atoms with Gasteiger partial charge in [0.1, 0.15) is 6.33 Å². The number of hydrogen-bond donors (Lipinski definition) is 0. The van der Waals surface area contributed by atoms with Crippen LogP contribution >= 0.6 is 0 Å². The van der Waals surface area contributed by atoms with E-state index in [2.05, 4.69) is 15.0 Å². The van der Waals surface area contributed by atoms with E-state index in [1.165, 1.54) is 10.9 Å². The minimum atomic E-state index is -0.0523. The van der Waals surface area contributed by atoms with Gasteiger partial charge in [-0.15, -0.1) is 0 Å². The van der Waals surface area contributed by atoms with Gasteiger partial charge in [0.15, 0.2) is 0 Å². The summed E-state index contributed by atoms with van der Waals surface area (Å²) >= 11 is 0. The number of rotatable bonds is 15. The summed E-state index contributed by atoms with van der Waals surface area (Å²) in [4.78, 5) is 18.0. The summed E-state index contributed by atoms with van der Waals surface area (Å²) in [6.07, 6.45) is 4.94. The number of azide groups is 1. The molecule has 0 aliphatic heterocycles. The van der Waals surface area contributed by atoms with Gasteiger partial charge in [-0.3, -0.25) is 9.36 Å². The largest absolute Gasteiger partial charge is 0.379 e. The van der Waals surface area contributed by atoms with Crippen molar-refractivity contribution in [3.05, 3.63) is 29.2 Å². The molecule has 1 heterocycles. The molecule has 0 atom stereocenters. The van der Waals surface area contributed by atoms with Crippen molar-refractivity contribution < 1.29 is 23.7 Å². The Balaban J connectivity index is 1.76. The fraction of sp³-hybridized carbons (Fsp3) is 0.714. The zero-order chi connectivity index (χ0) is 17.3. The predicted molar refractivity (Wildman–Crippen MR) is 84.8 cm³/mol. The summed E-state index contributed by atoms with van der Waals surface area (Å²) in [5.74, 6) is -0.0523. The summed E-state index contributed by atoms with van der Waals surface area (Å²) in [5, 5.41) is 3.34. The second-order valence-electron chi connectivity index (χ2n) is 4.52.